The van der Waals surface area contributed by atoms with Crippen LogP contribution in [0, 0.1) is 0 Å². The van der Waals surface area contributed by atoms with Gasteiger partial charge in [-0.2, -0.15) is 0 Å². The van der Waals surface area contributed by atoms with Crippen molar-refractivity contribution in [1.82, 2.24) is 4.90 Å². The van der Waals surface area contributed by atoms with Gasteiger partial charge in [-0.25, -0.2) is 0 Å². The molecule has 2 rings (SSSR count). The highest BCUT2D eigenvalue weighted by Gasteiger charge is 2.30. The topological polar surface area (TPSA) is 32.5 Å². The van der Waals surface area contributed by atoms with Gasteiger partial charge in [-0.15, -0.1) is 0 Å². The van der Waals surface area contributed by atoms with Crippen molar-refractivity contribution in [1.29, 1.82) is 0 Å². The van der Waals surface area contributed by atoms with E-state index in [1.54, 1.807) is 0 Å². The van der Waals surface area contributed by atoms with Crippen LogP contribution in [0.5, 0.6) is 0 Å². The molecule has 0 aliphatic carbocycles. The number of nitrogens with zero attached hydrogens (tertiary/aromatic N) is 2. The van der Waals surface area contributed by atoms with Gasteiger partial charge >= 0.3 is 0 Å². The van der Waals surface area contributed by atoms with Crippen LogP contribution < -0.4 is 10.6 Å². The Kier molecular flexibility index (Phi) is 3.40. The van der Waals surface area contributed by atoms with E-state index in [4.69, 9.17) is 5.73 Å². The average Bonchev–Trinajstić information content (AvgIpc) is 2.33. The molecule has 0 bridgehead atoms. The van der Waals surface area contributed by atoms with Crippen molar-refractivity contribution in [3.63, 3.8) is 0 Å². The van der Waals surface area contributed by atoms with Gasteiger partial charge in [0, 0.05) is 37.4 Å². The average molecular weight is 233 g/mol. The van der Waals surface area contributed by atoms with E-state index >= 15 is 0 Å². The van der Waals surface area contributed by atoms with Crippen molar-refractivity contribution >= 4 is 5.69 Å². The first-order valence-corrected chi connectivity index (χ1v) is 6.28. The summed E-state index contributed by atoms with van der Waals surface area (Å²) < 4.78 is 0. The first kappa shape index (κ1) is 12.4. The number of hydrogen-bond donors (Lipinski definition) is 1. The second kappa shape index (κ2) is 4.67. The molecular formula is C14H23N3. The maximum Gasteiger partial charge on any atom is 0.0367 e. The Labute approximate surface area is 104 Å². The minimum atomic E-state index is 0.241. The first-order chi connectivity index (χ1) is 8.03. The molecular weight excluding hydrogens is 210 g/mol. The van der Waals surface area contributed by atoms with Crippen LogP contribution in [-0.4, -0.2) is 37.1 Å². The van der Waals surface area contributed by atoms with E-state index < -0.39 is 0 Å². The van der Waals surface area contributed by atoms with Crippen LogP contribution in [0.25, 0.3) is 0 Å². The third-order valence-corrected chi connectivity index (χ3v) is 3.85. The van der Waals surface area contributed by atoms with Gasteiger partial charge in [0.2, 0.25) is 0 Å². The SMILES string of the molecule is CN1CCN(c2ccc(CN)cc2)CC1(C)C. The highest BCUT2D eigenvalue weighted by Crippen LogP contribution is 2.24. The molecule has 1 heterocycles. The van der Waals surface area contributed by atoms with E-state index in [0.29, 0.717) is 6.54 Å². The predicted octanol–water partition coefficient (Wildman–Crippen LogP) is 1.68. The van der Waals surface area contributed by atoms with Crippen LogP contribution >= 0.6 is 0 Å². The van der Waals surface area contributed by atoms with E-state index in [9.17, 15) is 0 Å². The molecule has 1 aromatic rings. The fourth-order valence-electron chi connectivity index (χ4n) is 2.30. The summed E-state index contributed by atoms with van der Waals surface area (Å²) in [6.45, 7) is 8.51. The maximum absolute atomic E-state index is 5.62. The third-order valence-electron chi connectivity index (χ3n) is 3.85. The summed E-state index contributed by atoms with van der Waals surface area (Å²) in [5, 5.41) is 0. The summed E-state index contributed by atoms with van der Waals surface area (Å²) in [5.41, 5.74) is 8.37. The van der Waals surface area contributed by atoms with Gasteiger partial charge in [0.05, 0.1) is 0 Å². The van der Waals surface area contributed by atoms with Crippen LogP contribution in [0.2, 0.25) is 0 Å². The van der Waals surface area contributed by atoms with Crippen molar-refractivity contribution in [2.45, 2.75) is 25.9 Å². The molecule has 1 saturated heterocycles. The largest absolute Gasteiger partial charge is 0.368 e. The van der Waals surface area contributed by atoms with Crippen molar-refractivity contribution in [2.75, 3.05) is 31.6 Å². The van der Waals surface area contributed by atoms with Gasteiger partial charge in [0.1, 0.15) is 0 Å². The highest BCUT2D eigenvalue weighted by molar-refractivity contribution is 5.48. The molecule has 17 heavy (non-hydrogen) atoms. The lowest BCUT2D eigenvalue weighted by Crippen LogP contribution is -2.57. The third kappa shape index (κ3) is 2.61. The molecule has 1 fully saturated rings. The molecule has 0 unspecified atom stereocenters. The molecule has 1 aliphatic rings. The normalized spacial score (nSPS) is 20.6. The van der Waals surface area contributed by atoms with Gasteiger partial charge in [0.25, 0.3) is 0 Å². The number of benzene rings is 1. The Hall–Kier alpha value is -1.06. The number of anilines is 1. The van der Waals surface area contributed by atoms with Crippen LogP contribution in [0.1, 0.15) is 19.4 Å². The molecule has 3 heteroatoms. The van der Waals surface area contributed by atoms with Crippen LogP contribution in [0.15, 0.2) is 24.3 Å². The monoisotopic (exact) mass is 233 g/mol. The maximum atomic E-state index is 5.62. The van der Waals surface area contributed by atoms with E-state index in [1.807, 2.05) is 0 Å². The molecule has 3 nitrogen and oxygen atoms in total. The standard InChI is InChI=1S/C14H23N3/c1-14(2)11-17(9-8-16(14)3)13-6-4-12(10-15)5-7-13/h4-7H,8-11,15H2,1-3H3. The number of piperazine rings is 1. The van der Waals surface area contributed by atoms with Crippen molar-refractivity contribution in [3.8, 4) is 0 Å². The Morgan fingerprint density at radius 1 is 1.18 bits per heavy atom. The molecule has 0 amide bonds. The molecule has 1 aromatic carbocycles. The minimum absolute atomic E-state index is 0.241. The Balaban J connectivity index is 2.12. The van der Waals surface area contributed by atoms with Gasteiger partial charge in [0.15, 0.2) is 0 Å². The molecule has 0 saturated carbocycles. The lowest BCUT2D eigenvalue weighted by molar-refractivity contribution is 0.139. The van der Waals surface area contributed by atoms with Crippen LogP contribution in [0.4, 0.5) is 5.69 Å². The second-order valence-electron chi connectivity index (χ2n) is 5.53. The smallest absolute Gasteiger partial charge is 0.0367 e. The number of likely N-dealkylation sites (N-methyl/N-ethyl adjacent to an activating group) is 1. The second-order valence-corrected chi connectivity index (χ2v) is 5.53. The molecule has 0 aromatic heterocycles. The first-order valence-electron chi connectivity index (χ1n) is 6.28. The Morgan fingerprint density at radius 2 is 1.82 bits per heavy atom. The number of hydrogen-bond acceptors (Lipinski definition) is 3. The van der Waals surface area contributed by atoms with Crippen molar-refractivity contribution in [3.05, 3.63) is 29.8 Å². The number of rotatable bonds is 2. The summed E-state index contributed by atoms with van der Waals surface area (Å²) in [5.74, 6) is 0. The fourth-order valence-corrected chi connectivity index (χ4v) is 2.30. The summed E-state index contributed by atoms with van der Waals surface area (Å²) in [4.78, 5) is 4.89. The predicted molar refractivity (Wildman–Crippen MR) is 73.3 cm³/mol. The molecule has 2 N–H and O–H groups in total. The van der Waals surface area contributed by atoms with E-state index in [1.165, 1.54) is 11.3 Å². The zero-order valence-electron chi connectivity index (χ0n) is 11.1. The van der Waals surface area contributed by atoms with Crippen molar-refractivity contribution in [2.24, 2.45) is 5.73 Å². The summed E-state index contributed by atoms with van der Waals surface area (Å²) in [6, 6.07) is 8.62. The Bertz CT molecular complexity index is 370. The molecule has 94 valence electrons. The van der Waals surface area contributed by atoms with Crippen LogP contribution in [-0.2, 0) is 6.54 Å². The van der Waals surface area contributed by atoms with Gasteiger partial charge in [-0.05, 0) is 38.6 Å². The molecule has 0 atom stereocenters. The fraction of sp³-hybridized carbons (Fsp3) is 0.571. The zero-order chi connectivity index (χ0) is 12.5. The lowest BCUT2D eigenvalue weighted by Gasteiger charge is -2.46. The quantitative estimate of drug-likeness (QED) is 0.843. The van der Waals surface area contributed by atoms with Gasteiger partial charge < -0.3 is 10.6 Å². The molecule has 1 aliphatic heterocycles. The minimum Gasteiger partial charge on any atom is -0.368 e. The summed E-state index contributed by atoms with van der Waals surface area (Å²) >= 11 is 0. The van der Waals surface area contributed by atoms with Crippen LogP contribution in [0.3, 0.4) is 0 Å². The van der Waals surface area contributed by atoms with Gasteiger partial charge in [-0.3, -0.25) is 4.90 Å². The lowest BCUT2D eigenvalue weighted by atomic mass is 9.99. The molecule has 0 spiro atoms. The van der Waals surface area contributed by atoms with Gasteiger partial charge in [-0.1, -0.05) is 12.1 Å². The summed E-state index contributed by atoms with van der Waals surface area (Å²) in [7, 11) is 2.20. The van der Waals surface area contributed by atoms with Crippen molar-refractivity contribution < 1.29 is 0 Å². The molecule has 0 radical (unpaired) electrons. The Morgan fingerprint density at radius 3 is 2.35 bits per heavy atom. The highest BCUT2D eigenvalue weighted by atomic mass is 15.3. The summed E-state index contributed by atoms with van der Waals surface area (Å²) in [6.07, 6.45) is 0. The zero-order valence-corrected chi connectivity index (χ0v) is 11.1. The van der Waals surface area contributed by atoms with E-state index in [-0.39, 0.29) is 5.54 Å². The van der Waals surface area contributed by atoms with E-state index in [0.717, 1.165) is 19.6 Å². The number of nitrogens with two attached hydrogens (primary N) is 1. The van der Waals surface area contributed by atoms with E-state index in [2.05, 4.69) is 55.0 Å².